The lowest BCUT2D eigenvalue weighted by Crippen LogP contribution is -2.42. The number of rotatable bonds is 10. The molecule has 2 atom stereocenters. The number of hydrogen-bond acceptors (Lipinski definition) is 7. The van der Waals surface area contributed by atoms with Gasteiger partial charge < -0.3 is 36.9 Å². The van der Waals surface area contributed by atoms with Crippen LogP contribution < -0.4 is 17.2 Å². The molecule has 2 heterocycles. The molecule has 0 spiro atoms. The van der Waals surface area contributed by atoms with Gasteiger partial charge in [0.1, 0.15) is 11.9 Å². The van der Waals surface area contributed by atoms with Crippen LogP contribution in [0.25, 0.3) is 0 Å². The molecule has 1 amide bonds. The van der Waals surface area contributed by atoms with Gasteiger partial charge in [0, 0.05) is 31.6 Å². The first-order valence-electron chi connectivity index (χ1n) is 12.3. The molecule has 0 radical (unpaired) electrons. The second-order valence-electron chi connectivity index (χ2n) is 9.26. The summed E-state index contributed by atoms with van der Waals surface area (Å²) in [6, 6.07) is -0.724. The van der Waals surface area contributed by atoms with Gasteiger partial charge in [-0.1, -0.05) is 6.42 Å². The maximum atomic E-state index is 13.8. The third kappa shape index (κ3) is 9.15. The number of hydrogen-bond donors (Lipinski definition) is 5. The molecule has 0 aliphatic carbocycles. The van der Waals surface area contributed by atoms with Crippen LogP contribution in [0.3, 0.4) is 0 Å². The number of aromatic nitrogens is 2. The van der Waals surface area contributed by atoms with E-state index in [0.717, 1.165) is 17.7 Å². The summed E-state index contributed by atoms with van der Waals surface area (Å²) in [4.78, 5) is 38.2. The maximum Gasteiger partial charge on any atom is 0.449 e. The SMILES string of the molecule is NCCCC[C@H](N)C(=O)O.N[C@@H](CC(=O)N1CCn2c(C(F)(F)F)nc(C(=O)O)c2C1)Cc1cc(F)c(F)cc1F. The average molecular weight is 597 g/mol. The van der Waals surface area contributed by atoms with Gasteiger partial charge in [0.2, 0.25) is 11.7 Å². The van der Waals surface area contributed by atoms with E-state index in [1.807, 2.05) is 0 Å². The van der Waals surface area contributed by atoms with Crippen LogP contribution in [-0.4, -0.2) is 67.7 Å². The van der Waals surface area contributed by atoms with Crippen molar-refractivity contribution in [1.82, 2.24) is 14.5 Å². The molecule has 8 N–H and O–H groups in total. The zero-order valence-electron chi connectivity index (χ0n) is 21.6. The molecular formula is C24H30F6N6O5. The monoisotopic (exact) mass is 596 g/mol. The van der Waals surface area contributed by atoms with Crippen LogP contribution >= 0.6 is 0 Å². The summed E-state index contributed by atoms with van der Waals surface area (Å²) >= 11 is 0. The molecule has 3 rings (SSSR count). The van der Waals surface area contributed by atoms with Crippen LogP contribution in [0.5, 0.6) is 0 Å². The normalized spacial score (nSPS) is 14.5. The van der Waals surface area contributed by atoms with Gasteiger partial charge in [0.25, 0.3) is 0 Å². The molecule has 0 fully saturated rings. The minimum absolute atomic E-state index is 0.156. The number of unbranched alkanes of at least 4 members (excludes halogenated alkanes) is 1. The van der Waals surface area contributed by atoms with Crippen molar-refractivity contribution < 1.29 is 50.9 Å². The van der Waals surface area contributed by atoms with Crippen LogP contribution in [0.15, 0.2) is 12.1 Å². The van der Waals surface area contributed by atoms with E-state index >= 15 is 0 Å². The van der Waals surface area contributed by atoms with E-state index in [0.29, 0.717) is 29.7 Å². The minimum atomic E-state index is -4.87. The number of carboxylic acid groups (broad SMARTS) is 2. The number of imidazole rings is 1. The second kappa shape index (κ2) is 14.3. The van der Waals surface area contributed by atoms with Gasteiger partial charge in [-0.3, -0.25) is 9.59 Å². The van der Waals surface area contributed by atoms with E-state index in [2.05, 4.69) is 4.98 Å². The lowest BCUT2D eigenvalue weighted by Gasteiger charge is -2.30. The topological polar surface area (TPSA) is 191 Å². The molecule has 1 aliphatic rings. The Hall–Kier alpha value is -3.70. The Morgan fingerprint density at radius 2 is 1.63 bits per heavy atom. The van der Waals surface area contributed by atoms with Crippen LogP contribution in [0.1, 0.15) is 53.3 Å². The Kier molecular flexibility index (Phi) is 11.7. The molecule has 11 nitrogen and oxygen atoms in total. The van der Waals surface area contributed by atoms with Gasteiger partial charge >= 0.3 is 18.1 Å². The summed E-state index contributed by atoms with van der Waals surface area (Å²) in [7, 11) is 0. The predicted molar refractivity (Wildman–Crippen MR) is 131 cm³/mol. The first-order chi connectivity index (χ1) is 19.1. The quantitative estimate of drug-likeness (QED) is 0.155. The average Bonchev–Trinajstić information content (AvgIpc) is 3.27. The molecule has 2 aromatic rings. The Bertz CT molecular complexity index is 1250. The largest absolute Gasteiger partial charge is 0.480 e. The zero-order valence-corrected chi connectivity index (χ0v) is 21.6. The fourth-order valence-corrected chi connectivity index (χ4v) is 4.03. The maximum absolute atomic E-state index is 13.8. The summed E-state index contributed by atoms with van der Waals surface area (Å²) in [5, 5.41) is 17.5. The van der Waals surface area contributed by atoms with Crippen molar-refractivity contribution in [3.63, 3.8) is 0 Å². The summed E-state index contributed by atoms with van der Waals surface area (Å²) in [5.41, 5.74) is 14.9. The fourth-order valence-electron chi connectivity index (χ4n) is 4.03. The number of aromatic carboxylic acids is 1. The van der Waals surface area contributed by atoms with Gasteiger partial charge in [-0.05, 0) is 37.4 Å². The van der Waals surface area contributed by atoms with E-state index < -0.39 is 71.6 Å². The number of halogens is 6. The molecule has 0 bridgehead atoms. The number of fused-ring (bicyclic) bond motifs is 1. The third-order valence-electron chi connectivity index (χ3n) is 6.11. The number of nitrogens with zero attached hydrogens (tertiary/aromatic N) is 3. The van der Waals surface area contributed by atoms with Crippen molar-refractivity contribution >= 4 is 17.8 Å². The molecule has 228 valence electrons. The highest BCUT2D eigenvalue weighted by Crippen LogP contribution is 2.32. The standard InChI is InChI=1S/C18H16F6N4O3.C6H14N2O2/c19-10-6-12(21)11(20)4-8(10)3-9(25)5-14(29)27-1-2-28-13(7-27)15(16(30)31)26-17(28)18(22,23)24;7-4-2-1-3-5(8)6(9)10/h4,6,9H,1-3,5,7,25H2,(H,30,31);5H,1-4,7-8H2,(H,9,10)/t9-;5-/m10/s1. The number of carbonyl (C=O) groups is 3. The van der Waals surface area contributed by atoms with Gasteiger partial charge in [-0.2, -0.15) is 13.2 Å². The molecule has 1 aromatic heterocycles. The molecule has 41 heavy (non-hydrogen) atoms. The van der Waals surface area contributed by atoms with Crippen molar-refractivity contribution in [3.05, 3.63) is 52.4 Å². The van der Waals surface area contributed by atoms with Gasteiger partial charge in [-0.25, -0.2) is 22.9 Å². The second-order valence-corrected chi connectivity index (χ2v) is 9.26. The highest BCUT2D eigenvalue weighted by atomic mass is 19.4. The predicted octanol–water partition coefficient (Wildman–Crippen LogP) is 1.85. The van der Waals surface area contributed by atoms with Gasteiger partial charge in [-0.15, -0.1) is 0 Å². The van der Waals surface area contributed by atoms with E-state index in [9.17, 15) is 40.7 Å². The van der Waals surface area contributed by atoms with E-state index in [1.165, 1.54) is 0 Å². The summed E-state index contributed by atoms with van der Waals surface area (Å²) in [6.45, 7) is -0.317. The van der Waals surface area contributed by atoms with E-state index in [-0.39, 0.29) is 37.2 Å². The van der Waals surface area contributed by atoms with E-state index in [1.54, 1.807) is 0 Å². The Morgan fingerprint density at radius 3 is 2.20 bits per heavy atom. The van der Waals surface area contributed by atoms with Crippen molar-refractivity contribution in [2.45, 2.75) is 63.5 Å². The number of amides is 1. The van der Waals surface area contributed by atoms with Gasteiger partial charge in [0.05, 0.1) is 12.2 Å². The number of alkyl halides is 3. The number of nitrogens with two attached hydrogens (primary N) is 3. The lowest BCUT2D eigenvalue weighted by atomic mass is 10.0. The molecule has 1 aliphatic heterocycles. The fraction of sp³-hybridized carbons (Fsp3) is 0.500. The van der Waals surface area contributed by atoms with Crippen molar-refractivity contribution in [2.75, 3.05) is 13.1 Å². The van der Waals surface area contributed by atoms with Crippen molar-refractivity contribution in [3.8, 4) is 0 Å². The van der Waals surface area contributed by atoms with Crippen LogP contribution in [0.2, 0.25) is 0 Å². The first kappa shape index (κ1) is 33.5. The third-order valence-corrected chi connectivity index (χ3v) is 6.11. The Morgan fingerprint density at radius 1 is 1.00 bits per heavy atom. The Balaban J connectivity index is 0.000000503. The molecule has 0 unspecified atom stereocenters. The molecule has 0 saturated heterocycles. The van der Waals surface area contributed by atoms with E-state index in [4.69, 9.17) is 27.4 Å². The number of benzene rings is 1. The summed E-state index contributed by atoms with van der Waals surface area (Å²) in [6.07, 6.45) is -3.37. The van der Waals surface area contributed by atoms with Gasteiger partial charge in [0.15, 0.2) is 17.3 Å². The summed E-state index contributed by atoms with van der Waals surface area (Å²) < 4.78 is 80.1. The first-order valence-corrected chi connectivity index (χ1v) is 12.3. The van der Waals surface area contributed by atoms with Crippen LogP contribution in [0.4, 0.5) is 26.3 Å². The molecule has 1 aromatic carbocycles. The van der Waals surface area contributed by atoms with Crippen LogP contribution in [0, 0.1) is 17.5 Å². The highest BCUT2D eigenvalue weighted by molar-refractivity contribution is 5.87. The summed E-state index contributed by atoms with van der Waals surface area (Å²) in [5.74, 6) is -8.26. The zero-order chi connectivity index (χ0) is 31.1. The van der Waals surface area contributed by atoms with Crippen molar-refractivity contribution in [2.24, 2.45) is 17.2 Å². The number of carbonyl (C=O) groups excluding carboxylic acids is 1. The molecule has 17 heteroatoms. The highest BCUT2D eigenvalue weighted by Gasteiger charge is 2.41. The number of carboxylic acids is 2. The molecular weight excluding hydrogens is 566 g/mol. The van der Waals surface area contributed by atoms with Crippen molar-refractivity contribution in [1.29, 1.82) is 0 Å². The number of aliphatic carboxylic acids is 1. The minimum Gasteiger partial charge on any atom is -0.480 e. The molecule has 0 saturated carbocycles. The van der Waals surface area contributed by atoms with Crippen LogP contribution in [-0.2, 0) is 35.3 Å². The smallest absolute Gasteiger partial charge is 0.449 e. The Labute approximate surface area is 229 Å². The lowest BCUT2D eigenvalue weighted by molar-refractivity contribution is -0.148.